The third-order valence-corrected chi connectivity index (χ3v) is 4.50. The van der Waals surface area contributed by atoms with Crippen molar-refractivity contribution in [3.8, 4) is 11.4 Å². The number of aryl methyl sites for hydroxylation is 2. The van der Waals surface area contributed by atoms with Crippen LogP contribution in [0, 0.1) is 3.57 Å². The lowest BCUT2D eigenvalue weighted by molar-refractivity contribution is -0.116. The molecule has 25 heavy (non-hydrogen) atoms. The Morgan fingerprint density at radius 2 is 1.84 bits per heavy atom. The van der Waals surface area contributed by atoms with Gasteiger partial charge in [-0.2, -0.15) is 4.98 Å². The Balaban J connectivity index is 1.54. The summed E-state index contributed by atoms with van der Waals surface area (Å²) in [5.74, 6) is 0.935. The second kappa shape index (κ2) is 8.24. The van der Waals surface area contributed by atoms with E-state index in [-0.39, 0.29) is 5.91 Å². The van der Waals surface area contributed by atoms with Crippen LogP contribution in [0.25, 0.3) is 11.4 Å². The molecule has 0 aliphatic heterocycles. The number of carbonyl (C=O) groups is 1. The fourth-order valence-corrected chi connectivity index (χ4v) is 2.70. The van der Waals surface area contributed by atoms with Crippen molar-refractivity contribution < 1.29 is 9.32 Å². The minimum absolute atomic E-state index is 0.0711. The molecule has 3 aromatic rings. The molecule has 2 aromatic carbocycles. The quantitative estimate of drug-likeness (QED) is 0.567. The predicted octanol–water partition coefficient (Wildman–Crippen LogP) is 4.47. The van der Waals surface area contributed by atoms with E-state index in [9.17, 15) is 4.79 Å². The van der Waals surface area contributed by atoms with Gasteiger partial charge >= 0.3 is 0 Å². The highest BCUT2D eigenvalue weighted by Gasteiger charge is 2.11. The predicted molar refractivity (Wildman–Crippen MR) is 105 cm³/mol. The number of benzene rings is 2. The summed E-state index contributed by atoms with van der Waals surface area (Å²) >= 11 is 2.25. The van der Waals surface area contributed by atoms with Crippen molar-refractivity contribution in [3.05, 3.63) is 63.6 Å². The zero-order chi connectivity index (χ0) is 17.6. The van der Waals surface area contributed by atoms with Gasteiger partial charge in [-0.15, -0.1) is 0 Å². The summed E-state index contributed by atoms with van der Waals surface area (Å²) in [4.78, 5) is 16.4. The second-order valence-electron chi connectivity index (χ2n) is 5.62. The lowest BCUT2D eigenvalue weighted by atomic mass is 10.1. The van der Waals surface area contributed by atoms with Crippen LogP contribution in [0.2, 0.25) is 0 Å². The van der Waals surface area contributed by atoms with Crippen molar-refractivity contribution in [2.24, 2.45) is 0 Å². The van der Waals surface area contributed by atoms with E-state index in [4.69, 9.17) is 4.52 Å². The van der Waals surface area contributed by atoms with E-state index in [0.29, 0.717) is 24.6 Å². The molecule has 0 radical (unpaired) electrons. The van der Waals surface area contributed by atoms with E-state index < -0.39 is 0 Å². The topological polar surface area (TPSA) is 68.0 Å². The van der Waals surface area contributed by atoms with Crippen LogP contribution in [0.1, 0.15) is 24.8 Å². The number of halogens is 1. The third kappa shape index (κ3) is 4.88. The summed E-state index contributed by atoms with van der Waals surface area (Å²) in [6.07, 6.45) is 1.69. The van der Waals surface area contributed by atoms with E-state index in [1.54, 1.807) is 0 Å². The molecule has 1 aromatic heterocycles. The molecule has 0 aliphatic rings. The van der Waals surface area contributed by atoms with Crippen LogP contribution in [0.5, 0.6) is 0 Å². The molecular weight excluding hydrogens is 429 g/mol. The zero-order valence-corrected chi connectivity index (χ0v) is 16.0. The highest BCUT2D eigenvalue weighted by molar-refractivity contribution is 14.1. The first-order chi connectivity index (χ1) is 12.1. The molecule has 0 unspecified atom stereocenters. The van der Waals surface area contributed by atoms with Gasteiger partial charge in [0.2, 0.25) is 17.6 Å². The van der Waals surface area contributed by atoms with Gasteiger partial charge < -0.3 is 9.84 Å². The molecule has 0 saturated heterocycles. The Bertz CT molecular complexity index is 842. The summed E-state index contributed by atoms with van der Waals surface area (Å²) in [6.45, 7) is 2.10. The highest BCUT2D eigenvalue weighted by atomic mass is 127. The van der Waals surface area contributed by atoms with E-state index >= 15 is 0 Å². The molecule has 0 atom stereocenters. The smallest absolute Gasteiger partial charge is 0.227 e. The van der Waals surface area contributed by atoms with Crippen molar-refractivity contribution in [2.45, 2.75) is 26.2 Å². The van der Waals surface area contributed by atoms with Gasteiger partial charge in [-0.25, -0.2) is 0 Å². The lowest BCUT2D eigenvalue weighted by Crippen LogP contribution is -2.12. The molecule has 0 bridgehead atoms. The molecular formula is C19H18IN3O2. The van der Waals surface area contributed by atoms with Crippen LogP contribution >= 0.6 is 22.6 Å². The van der Waals surface area contributed by atoms with Crippen molar-refractivity contribution in [1.82, 2.24) is 10.1 Å². The van der Waals surface area contributed by atoms with Crippen LogP contribution in [-0.2, 0) is 17.6 Å². The van der Waals surface area contributed by atoms with E-state index in [1.165, 1.54) is 5.56 Å². The summed E-state index contributed by atoms with van der Waals surface area (Å²) in [6, 6.07) is 15.7. The number of amides is 1. The molecule has 5 nitrogen and oxygen atoms in total. The fourth-order valence-electron chi connectivity index (χ4n) is 2.34. The Kier molecular flexibility index (Phi) is 5.80. The molecule has 1 N–H and O–H groups in total. The standard InChI is InChI=1S/C19H18IN3O2/c1-2-13-3-9-16(10-4-13)21-17(24)11-12-18-22-19(23-25-18)14-5-7-15(20)8-6-14/h3-10H,2,11-12H2,1H3,(H,21,24). The number of hydrogen-bond acceptors (Lipinski definition) is 4. The molecule has 0 spiro atoms. The maximum absolute atomic E-state index is 12.1. The normalized spacial score (nSPS) is 10.6. The molecule has 1 heterocycles. The molecule has 6 heteroatoms. The van der Waals surface area contributed by atoms with Gasteiger partial charge in [0.1, 0.15) is 0 Å². The number of aromatic nitrogens is 2. The van der Waals surface area contributed by atoms with Crippen LogP contribution < -0.4 is 5.32 Å². The van der Waals surface area contributed by atoms with E-state index in [1.807, 2.05) is 48.5 Å². The van der Waals surface area contributed by atoms with Crippen LogP contribution in [-0.4, -0.2) is 16.0 Å². The van der Waals surface area contributed by atoms with E-state index in [2.05, 4.69) is 45.0 Å². The van der Waals surface area contributed by atoms with Gasteiger partial charge in [0.25, 0.3) is 0 Å². The number of rotatable bonds is 6. The minimum Gasteiger partial charge on any atom is -0.339 e. The molecule has 3 rings (SSSR count). The maximum atomic E-state index is 12.1. The first-order valence-electron chi connectivity index (χ1n) is 8.11. The number of carbonyl (C=O) groups excluding carboxylic acids is 1. The first kappa shape index (κ1) is 17.6. The van der Waals surface area contributed by atoms with Crippen LogP contribution in [0.4, 0.5) is 5.69 Å². The Hall–Kier alpha value is -2.22. The van der Waals surface area contributed by atoms with Gasteiger partial charge in [-0.3, -0.25) is 4.79 Å². The van der Waals surface area contributed by atoms with Crippen molar-refractivity contribution in [2.75, 3.05) is 5.32 Å². The largest absolute Gasteiger partial charge is 0.339 e. The molecule has 0 saturated carbocycles. The van der Waals surface area contributed by atoms with Crippen molar-refractivity contribution in [3.63, 3.8) is 0 Å². The maximum Gasteiger partial charge on any atom is 0.227 e. The van der Waals surface area contributed by atoms with Gasteiger partial charge in [-0.05, 0) is 58.8 Å². The van der Waals surface area contributed by atoms with Crippen LogP contribution in [0.3, 0.4) is 0 Å². The second-order valence-corrected chi connectivity index (χ2v) is 6.86. The number of hydrogen-bond donors (Lipinski definition) is 1. The number of nitrogens with zero attached hydrogens (tertiary/aromatic N) is 2. The van der Waals surface area contributed by atoms with Crippen LogP contribution in [0.15, 0.2) is 53.1 Å². The van der Waals surface area contributed by atoms with Gasteiger partial charge in [-0.1, -0.05) is 36.3 Å². The molecule has 128 valence electrons. The average molecular weight is 447 g/mol. The highest BCUT2D eigenvalue weighted by Crippen LogP contribution is 2.18. The van der Waals surface area contributed by atoms with Crippen molar-refractivity contribution in [1.29, 1.82) is 0 Å². The van der Waals surface area contributed by atoms with Crippen molar-refractivity contribution >= 4 is 34.2 Å². The van der Waals surface area contributed by atoms with Gasteiger partial charge in [0.15, 0.2) is 0 Å². The monoisotopic (exact) mass is 447 g/mol. The third-order valence-electron chi connectivity index (χ3n) is 3.78. The summed E-state index contributed by atoms with van der Waals surface area (Å²) in [7, 11) is 0. The lowest BCUT2D eigenvalue weighted by Gasteiger charge is -2.05. The first-order valence-corrected chi connectivity index (χ1v) is 9.19. The Morgan fingerprint density at radius 3 is 2.52 bits per heavy atom. The van der Waals surface area contributed by atoms with Gasteiger partial charge in [0.05, 0.1) is 0 Å². The Morgan fingerprint density at radius 1 is 1.12 bits per heavy atom. The van der Waals surface area contributed by atoms with E-state index in [0.717, 1.165) is 21.2 Å². The molecule has 1 amide bonds. The minimum atomic E-state index is -0.0711. The summed E-state index contributed by atoms with van der Waals surface area (Å²) in [5.41, 5.74) is 2.94. The zero-order valence-electron chi connectivity index (χ0n) is 13.8. The number of nitrogens with one attached hydrogen (secondary N) is 1. The Labute approximate surface area is 160 Å². The molecule has 0 fully saturated rings. The fraction of sp³-hybridized carbons (Fsp3) is 0.211. The summed E-state index contributed by atoms with van der Waals surface area (Å²) < 4.78 is 6.38. The van der Waals surface area contributed by atoms with Gasteiger partial charge in [0, 0.05) is 27.7 Å². The average Bonchev–Trinajstić information content (AvgIpc) is 3.10. The SMILES string of the molecule is CCc1ccc(NC(=O)CCc2nc(-c3ccc(I)cc3)no2)cc1. The molecule has 0 aliphatic carbocycles. The number of anilines is 1. The summed E-state index contributed by atoms with van der Waals surface area (Å²) in [5, 5.41) is 6.86.